The van der Waals surface area contributed by atoms with Crippen molar-refractivity contribution in [2.24, 2.45) is 11.8 Å². The van der Waals surface area contributed by atoms with E-state index in [0.29, 0.717) is 11.1 Å². The van der Waals surface area contributed by atoms with Crippen LogP contribution in [0.2, 0.25) is 0 Å². The SMILES string of the molecule is C/C=C(/C)C(=O)O[C@@H]1C(=O)C(CO)=C[C@@H](OC(=O)/C(C)=C/C)[C@H]1C(C)C. The first-order valence-electron chi connectivity index (χ1n) is 8.71. The van der Waals surface area contributed by atoms with Crippen LogP contribution in [0.3, 0.4) is 0 Å². The van der Waals surface area contributed by atoms with Crippen LogP contribution in [0.5, 0.6) is 0 Å². The van der Waals surface area contributed by atoms with Gasteiger partial charge in [0.05, 0.1) is 6.61 Å². The molecule has 0 aromatic rings. The molecule has 0 unspecified atom stereocenters. The number of rotatable bonds is 6. The molecule has 0 aromatic carbocycles. The zero-order valence-corrected chi connectivity index (χ0v) is 16.2. The summed E-state index contributed by atoms with van der Waals surface area (Å²) in [5.41, 5.74) is 0.883. The Kier molecular flexibility index (Phi) is 7.96. The number of hydrogen-bond acceptors (Lipinski definition) is 6. The van der Waals surface area contributed by atoms with Crippen LogP contribution in [-0.2, 0) is 23.9 Å². The lowest BCUT2D eigenvalue weighted by atomic mass is 9.77. The number of aliphatic hydroxyl groups excluding tert-OH is 1. The number of ether oxygens (including phenoxy) is 2. The molecule has 1 aliphatic carbocycles. The fraction of sp³-hybridized carbons (Fsp3) is 0.550. The van der Waals surface area contributed by atoms with Gasteiger partial charge in [-0.15, -0.1) is 0 Å². The summed E-state index contributed by atoms with van der Waals surface area (Å²) in [4.78, 5) is 37.0. The van der Waals surface area contributed by atoms with E-state index in [1.54, 1.807) is 39.8 Å². The Morgan fingerprint density at radius 1 is 1.12 bits per heavy atom. The van der Waals surface area contributed by atoms with Crippen molar-refractivity contribution in [3.05, 3.63) is 34.9 Å². The molecule has 6 heteroatoms. The number of ketones is 1. The molecule has 3 atom stereocenters. The molecule has 0 aliphatic heterocycles. The molecule has 0 bridgehead atoms. The normalized spacial score (nSPS) is 24.4. The maximum Gasteiger partial charge on any atom is 0.334 e. The van der Waals surface area contributed by atoms with Crippen LogP contribution >= 0.6 is 0 Å². The summed E-state index contributed by atoms with van der Waals surface area (Å²) in [5.74, 6) is -2.23. The fourth-order valence-electron chi connectivity index (χ4n) is 2.69. The number of allylic oxidation sites excluding steroid dienone is 2. The number of carbonyl (C=O) groups is 3. The molecule has 0 saturated carbocycles. The molecular weight excluding hydrogens is 336 g/mol. The van der Waals surface area contributed by atoms with Gasteiger partial charge >= 0.3 is 11.9 Å². The molecule has 144 valence electrons. The van der Waals surface area contributed by atoms with Crippen LogP contribution < -0.4 is 0 Å². The highest BCUT2D eigenvalue weighted by Gasteiger charge is 2.45. The average Bonchev–Trinajstić information content (AvgIpc) is 2.61. The van der Waals surface area contributed by atoms with Gasteiger partial charge in [0.2, 0.25) is 5.78 Å². The van der Waals surface area contributed by atoms with E-state index in [-0.39, 0.29) is 11.5 Å². The number of carbonyl (C=O) groups excluding carboxylic acids is 3. The maximum absolute atomic E-state index is 12.7. The van der Waals surface area contributed by atoms with Crippen LogP contribution in [0.4, 0.5) is 0 Å². The summed E-state index contributed by atoms with van der Waals surface area (Å²) in [7, 11) is 0. The minimum Gasteiger partial charge on any atom is -0.454 e. The van der Waals surface area contributed by atoms with Crippen LogP contribution in [0.25, 0.3) is 0 Å². The first-order chi connectivity index (χ1) is 12.2. The first-order valence-corrected chi connectivity index (χ1v) is 8.71. The van der Waals surface area contributed by atoms with Crippen molar-refractivity contribution in [3.63, 3.8) is 0 Å². The van der Waals surface area contributed by atoms with Gasteiger partial charge in [-0.25, -0.2) is 9.59 Å². The highest BCUT2D eigenvalue weighted by atomic mass is 16.6. The molecule has 0 heterocycles. The van der Waals surface area contributed by atoms with Gasteiger partial charge in [0.1, 0.15) is 6.10 Å². The molecule has 0 saturated heterocycles. The van der Waals surface area contributed by atoms with Gasteiger partial charge in [-0.2, -0.15) is 0 Å². The van der Waals surface area contributed by atoms with E-state index in [0.717, 1.165) is 0 Å². The van der Waals surface area contributed by atoms with Crippen molar-refractivity contribution in [3.8, 4) is 0 Å². The molecule has 0 radical (unpaired) electrons. The minimum absolute atomic E-state index is 0.0776. The van der Waals surface area contributed by atoms with Crippen LogP contribution in [0.15, 0.2) is 34.9 Å². The average molecular weight is 364 g/mol. The Labute approximate surface area is 154 Å². The van der Waals surface area contributed by atoms with E-state index in [9.17, 15) is 19.5 Å². The standard InChI is InChI=1S/C20H28O6/c1-7-12(5)19(23)25-15-9-14(10-21)17(22)18(16(15)11(3)4)26-20(24)13(6)8-2/h7-9,11,15-16,18,21H,10H2,1-6H3/b12-7+,13-8-/t15-,16-,18+/m1/s1. The van der Waals surface area contributed by atoms with Crippen LogP contribution in [0.1, 0.15) is 41.5 Å². The molecule has 26 heavy (non-hydrogen) atoms. The largest absolute Gasteiger partial charge is 0.454 e. The predicted octanol–water partition coefficient (Wildman–Crippen LogP) is 2.52. The number of hydrogen-bond donors (Lipinski definition) is 1. The smallest absolute Gasteiger partial charge is 0.334 e. The van der Waals surface area contributed by atoms with E-state index in [1.165, 1.54) is 6.08 Å². The van der Waals surface area contributed by atoms with E-state index >= 15 is 0 Å². The highest BCUT2D eigenvalue weighted by Crippen LogP contribution is 2.33. The first kappa shape index (κ1) is 21.8. The molecule has 1 rings (SSSR count). The summed E-state index contributed by atoms with van der Waals surface area (Å²) in [6.45, 7) is 9.85. The van der Waals surface area contributed by atoms with E-state index in [2.05, 4.69) is 0 Å². The molecule has 0 amide bonds. The van der Waals surface area contributed by atoms with Gasteiger partial charge in [-0.1, -0.05) is 26.0 Å². The topological polar surface area (TPSA) is 89.9 Å². The van der Waals surface area contributed by atoms with Gasteiger partial charge in [-0.05, 0) is 39.7 Å². The molecule has 0 spiro atoms. The lowest BCUT2D eigenvalue weighted by Gasteiger charge is -2.37. The monoisotopic (exact) mass is 364 g/mol. The molecule has 0 fully saturated rings. The third kappa shape index (κ3) is 4.91. The highest BCUT2D eigenvalue weighted by molar-refractivity contribution is 6.02. The zero-order valence-electron chi connectivity index (χ0n) is 16.2. The van der Waals surface area contributed by atoms with E-state index in [4.69, 9.17) is 9.47 Å². The second-order valence-corrected chi connectivity index (χ2v) is 6.67. The van der Waals surface area contributed by atoms with Crippen molar-refractivity contribution in [2.75, 3.05) is 6.61 Å². The van der Waals surface area contributed by atoms with E-state index in [1.807, 2.05) is 13.8 Å². The summed E-state index contributed by atoms with van der Waals surface area (Å²) in [5, 5.41) is 9.51. The quantitative estimate of drug-likeness (QED) is 0.575. The van der Waals surface area contributed by atoms with Crippen molar-refractivity contribution < 1.29 is 29.0 Å². The second-order valence-electron chi connectivity index (χ2n) is 6.67. The van der Waals surface area contributed by atoms with Gasteiger partial charge in [-0.3, -0.25) is 4.79 Å². The minimum atomic E-state index is -1.12. The maximum atomic E-state index is 12.7. The molecule has 6 nitrogen and oxygen atoms in total. The number of aliphatic hydroxyl groups is 1. The molecule has 1 N–H and O–H groups in total. The Hall–Kier alpha value is -2.21. The van der Waals surface area contributed by atoms with Crippen LogP contribution in [0, 0.1) is 11.8 Å². The fourth-order valence-corrected chi connectivity index (χ4v) is 2.69. The Balaban J connectivity index is 3.27. The van der Waals surface area contributed by atoms with Gasteiger partial charge in [0.25, 0.3) is 0 Å². The lowest BCUT2D eigenvalue weighted by Crippen LogP contribution is -2.49. The summed E-state index contributed by atoms with van der Waals surface area (Å²) in [6, 6.07) is 0. The third-order valence-electron chi connectivity index (χ3n) is 4.60. The Morgan fingerprint density at radius 3 is 2.04 bits per heavy atom. The zero-order chi connectivity index (χ0) is 20.0. The van der Waals surface area contributed by atoms with Gasteiger partial charge < -0.3 is 14.6 Å². The summed E-state index contributed by atoms with van der Waals surface area (Å²) >= 11 is 0. The molecule has 0 aromatic heterocycles. The lowest BCUT2D eigenvalue weighted by molar-refractivity contribution is -0.163. The molecule has 1 aliphatic rings. The van der Waals surface area contributed by atoms with Crippen LogP contribution in [-0.4, -0.2) is 41.6 Å². The summed E-state index contributed by atoms with van der Waals surface area (Å²) in [6.07, 6.45) is 2.79. The summed E-state index contributed by atoms with van der Waals surface area (Å²) < 4.78 is 11.0. The van der Waals surface area contributed by atoms with Gasteiger partial charge in [0.15, 0.2) is 6.10 Å². The van der Waals surface area contributed by atoms with Crippen molar-refractivity contribution in [2.45, 2.75) is 53.8 Å². The predicted molar refractivity (Wildman–Crippen MR) is 97.1 cm³/mol. The van der Waals surface area contributed by atoms with E-state index < -0.39 is 42.5 Å². The Morgan fingerprint density at radius 2 is 1.62 bits per heavy atom. The second kappa shape index (κ2) is 9.48. The van der Waals surface area contributed by atoms with Crippen molar-refractivity contribution in [1.29, 1.82) is 0 Å². The number of esters is 2. The van der Waals surface area contributed by atoms with Crippen molar-refractivity contribution >= 4 is 17.7 Å². The number of Topliss-reactive ketones (excluding diaryl/α,β-unsaturated/α-hetero) is 1. The molecular formula is C20H28O6. The third-order valence-corrected chi connectivity index (χ3v) is 4.60. The van der Waals surface area contributed by atoms with Crippen molar-refractivity contribution in [1.82, 2.24) is 0 Å². The Bertz CT molecular complexity index is 653. The van der Waals surface area contributed by atoms with Gasteiger partial charge in [0, 0.05) is 22.6 Å².